The number of β-amino-alcohol motifs (C(OH)–C–C–N with tert-alkyl or cyclic N) is 1. The van der Waals surface area contributed by atoms with Crippen molar-refractivity contribution in [1.29, 1.82) is 0 Å². The van der Waals surface area contributed by atoms with Crippen molar-refractivity contribution in [3.05, 3.63) is 78.1 Å². The lowest BCUT2D eigenvalue weighted by Gasteiger charge is -2.34. The van der Waals surface area contributed by atoms with Crippen LogP contribution in [0.2, 0.25) is 0 Å². The van der Waals surface area contributed by atoms with E-state index in [0.717, 1.165) is 43.6 Å². The number of aliphatic hydroxyl groups is 1. The molecule has 1 aliphatic heterocycles. The van der Waals surface area contributed by atoms with Gasteiger partial charge in [-0.15, -0.1) is 0 Å². The predicted molar refractivity (Wildman–Crippen MR) is 114 cm³/mol. The molecule has 170 valence electrons. The molecule has 0 spiro atoms. The van der Waals surface area contributed by atoms with Crippen molar-refractivity contribution in [2.75, 3.05) is 25.0 Å². The van der Waals surface area contributed by atoms with Crippen LogP contribution in [-0.4, -0.2) is 50.4 Å². The Kier molecular flexibility index (Phi) is 6.76. The second-order valence-corrected chi connectivity index (χ2v) is 8.30. The summed E-state index contributed by atoms with van der Waals surface area (Å²) in [7, 11) is 0. The lowest BCUT2D eigenvalue weighted by molar-refractivity contribution is -0.0209. The lowest BCUT2D eigenvalue weighted by atomic mass is 9.92. The van der Waals surface area contributed by atoms with Crippen molar-refractivity contribution in [2.24, 2.45) is 0 Å². The maximum absolute atomic E-state index is 14.6. The average molecular weight is 445 g/mol. The highest BCUT2D eigenvalue weighted by atomic mass is 19.1. The molecule has 1 fully saturated rings. The first-order valence-corrected chi connectivity index (χ1v) is 10.7. The molecule has 0 saturated carbocycles. The summed E-state index contributed by atoms with van der Waals surface area (Å²) < 4.78 is 42.7. The highest BCUT2D eigenvalue weighted by molar-refractivity contribution is 5.43. The zero-order valence-electron chi connectivity index (χ0n) is 17.6. The van der Waals surface area contributed by atoms with Crippen LogP contribution in [0.1, 0.15) is 24.8 Å². The van der Waals surface area contributed by atoms with E-state index in [4.69, 9.17) is 0 Å². The number of benzene rings is 2. The minimum absolute atomic E-state index is 0.0106. The molecule has 32 heavy (non-hydrogen) atoms. The number of rotatable bonds is 7. The third-order valence-electron chi connectivity index (χ3n) is 5.84. The third-order valence-corrected chi connectivity index (χ3v) is 5.84. The van der Waals surface area contributed by atoms with Gasteiger partial charge in [0.1, 0.15) is 35.7 Å². The van der Waals surface area contributed by atoms with E-state index < -0.39 is 17.2 Å². The zero-order valence-corrected chi connectivity index (χ0v) is 17.6. The Morgan fingerprint density at radius 3 is 2.50 bits per heavy atom. The molecule has 2 atom stereocenters. The quantitative estimate of drug-likeness (QED) is 0.582. The van der Waals surface area contributed by atoms with Crippen molar-refractivity contribution in [1.82, 2.24) is 19.7 Å². The molecule has 6 nitrogen and oxygen atoms in total. The van der Waals surface area contributed by atoms with Crippen LogP contribution in [0.4, 0.5) is 18.9 Å². The van der Waals surface area contributed by atoms with Gasteiger partial charge in [0.15, 0.2) is 0 Å². The fourth-order valence-corrected chi connectivity index (χ4v) is 4.28. The summed E-state index contributed by atoms with van der Waals surface area (Å²) in [6, 6.07) is 9.70. The molecule has 1 aromatic heterocycles. The molecule has 0 aliphatic carbocycles. The van der Waals surface area contributed by atoms with E-state index in [-0.39, 0.29) is 30.5 Å². The Morgan fingerprint density at radius 1 is 1.00 bits per heavy atom. The van der Waals surface area contributed by atoms with Crippen molar-refractivity contribution in [3.8, 4) is 0 Å². The third kappa shape index (κ3) is 5.46. The van der Waals surface area contributed by atoms with Crippen LogP contribution < -0.4 is 5.32 Å². The van der Waals surface area contributed by atoms with E-state index >= 15 is 0 Å². The maximum atomic E-state index is 14.6. The molecular formula is C23H26F3N5O. The standard InChI is InChI=1S/C23H26F3N5O/c24-17-3-6-20(7-4-17)29-19-2-1-10-30(11-9-19)13-23(32,14-31-16-27-15-28-31)21-8-5-18(25)12-22(21)26/h3-8,12,15-16,19,29,32H,1-2,9-11,13-14H2. The molecule has 2 N–H and O–H groups in total. The van der Waals surface area contributed by atoms with Crippen LogP contribution in [0.25, 0.3) is 0 Å². The summed E-state index contributed by atoms with van der Waals surface area (Å²) in [4.78, 5) is 5.98. The monoisotopic (exact) mass is 445 g/mol. The molecule has 9 heteroatoms. The van der Waals surface area contributed by atoms with Gasteiger partial charge >= 0.3 is 0 Å². The molecule has 1 saturated heterocycles. The summed E-state index contributed by atoms with van der Waals surface area (Å²) >= 11 is 0. The number of likely N-dealkylation sites (tertiary alicyclic amines) is 1. The Morgan fingerprint density at radius 2 is 1.78 bits per heavy atom. The van der Waals surface area contributed by atoms with Gasteiger partial charge in [-0.1, -0.05) is 6.07 Å². The van der Waals surface area contributed by atoms with Gasteiger partial charge in [-0.3, -0.25) is 4.90 Å². The van der Waals surface area contributed by atoms with Crippen LogP contribution in [0.3, 0.4) is 0 Å². The Labute approximate surface area is 184 Å². The molecule has 0 radical (unpaired) electrons. The number of hydrogen-bond donors (Lipinski definition) is 2. The highest BCUT2D eigenvalue weighted by Crippen LogP contribution is 2.29. The SMILES string of the molecule is OC(CN1CCCC(Nc2ccc(F)cc2)CC1)(Cn1cncn1)c1ccc(F)cc1F. The Bertz CT molecular complexity index is 1010. The van der Waals surface area contributed by atoms with E-state index in [1.807, 2.05) is 0 Å². The number of hydrogen-bond acceptors (Lipinski definition) is 5. The van der Waals surface area contributed by atoms with Crippen LogP contribution in [-0.2, 0) is 12.1 Å². The van der Waals surface area contributed by atoms with E-state index in [9.17, 15) is 18.3 Å². The number of nitrogens with zero attached hydrogens (tertiary/aromatic N) is 4. The molecule has 0 bridgehead atoms. The number of aromatic nitrogens is 3. The number of anilines is 1. The van der Waals surface area contributed by atoms with Gasteiger partial charge in [-0.05, 0) is 56.1 Å². The normalized spacial score (nSPS) is 19.3. The summed E-state index contributed by atoms with van der Waals surface area (Å²) in [5, 5.41) is 19.0. The van der Waals surface area contributed by atoms with Gasteiger partial charge in [0.25, 0.3) is 0 Å². The number of nitrogens with one attached hydrogen (secondary N) is 1. The second-order valence-electron chi connectivity index (χ2n) is 8.30. The van der Waals surface area contributed by atoms with Crippen molar-refractivity contribution < 1.29 is 18.3 Å². The summed E-state index contributed by atoms with van der Waals surface area (Å²) in [5.74, 6) is -1.76. The minimum atomic E-state index is -1.62. The van der Waals surface area contributed by atoms with Gasteiger partial charge < -0.3 is 10.4 Å². The first-order valence-electron chi connectivity index (χ1n) is 10.7. The molecule has 3 aromatic rings. The van der Waals surface area contributed by atoms with E-state index in [1.54, 1.807) is 12.1 Å². The van der Waals surface area contributed by atoms with Crippen LogP contribution in [0.5, 0.6) is 0 Å². The van der Waals surface area contributed by atoms with Gasteiger partial charge in [0.2, 0.25) is 0 Å². The average Bonchev–Trinajstić information content (AvgIpc) is 3.16. The van der Waals surface area contributed by atoms with Crippen molar-refractivity contribution in [2.45, 2.75) is 37.5 Å². The topological polar surface area (TPSA) is 66.2 Å². The molecule has 2 heterocycles. The first kappa shape index (κ1) is 22.3. The highest BCUT2D eigenvalue weighted by Gasteiger charge is 2.36. The Balaban J connectivity index is 1.47. The lowest BCUT2D eigenvalue weighted by Crippen LogP contribution is -2.45. The maximum Gasteiger partial charge on any atom is 0.137 e. The van der Waals surface area contributed by atoms with Gasteiger partial charge in [0.05, 0.1) is 6.54 Å². The van der Waals surface area contributed by atoms with E-state index in [0.29, 0.717) is 6.54 Å². The summed E-state index contributed by atoms with van der Waals surface area (Å²) in [6.45, 7) is 1.56. The van der Waals surface area contributed by atoms with Crippen LogP contribution >= 0.6 is 0 Å². The summed E-state index contributed by atoms with van der Waals surface area (Å²) in [5.41, 5.74) is -0.726. The van der Waals surface area contributed by atoms with Crippen molar-refractivity contribution in [3.63, 3.8) is 0 Å². The van der Waals surface area contributed by atoms with E-state index in [1.165, 1.54) is 35.5 Å². The molecule has 2 unspecified atom stereocenters. The number of halogens is 3. The van der Waals surface area contributed by atoms with Gasteiger partial charge in [-0.25, -0.2) is 22.8 Å². The first-order chi connectivity index (χ1) is 15.4. The minimum Gasteiger partial charge on any atom is -0.382 e. The fraction of sp³-hybridized carbons (Fsp3) is 0.391. The fourth-order valence-electron chi connectivity index (χ4n) is 4.28. The molecular weight excluding hydrogens is 419 g/mol. The molecule has 4 rings (SSSR count). The van der Waals surface area contributed by atoms with Gasteiger partial charge in [0, 0.05) is 36.4 Å². The zero-order chi connectivity index (χ0) is 22.6. The molecule has 1 aliphatic rings. The van der Waals surface area contributed by atoms with E-state index in [2.05, 4.69) is 20.3 Å². The predicted octanol–water partition coefficient (Wildman–Crippen LogP) is 3.55. The van der Waals surface area contributed by atoms with Crippen LogP contribution in [0.15, 0.2) is 55.1 Å². The molecule has 0 amide bonds. The smallest absolute Gasteiger partial charge is 0.137 e. The Hall–Kier alpha value is -2.91. The summed E-state index contributed by atoms with van der Waals surface area (Å²) in [6.07, 6.45) is 5.41. The molecule has 2 aromatic carbocycles. The van der Waals surface area contributed by atoms with Gasteiger partial charge in [-0.2, -0.15) is 5.10 Å². The second kappa shape index (κ2) is 9.70. The van der Waals surface area contributed by atoms with Crippen LogP contribution in [0, 0.1) is 17.5 Å². The van der Waals surface area contributed by atoms with Crippen molar-refractivity contribution >= 4 is 5.69 Å². The largest absolute Gasteiger partial charge is 0.382 e.